The molecule has 9 nitrogen and oxygen atoms in total. The van der Waals surface area contributed by atoms with E-state index in [0.717, 1.165) is 30.2 Å². The minimum atomic E-state index is -0.735. The molecule has 2 heterocycles. The Morgan fingerprint density at radius 3 is 2.72 bits per heavy atom. The van der Waals surface area contributed by atoms with Crippen LogP contribution in [0, 0.1) is 0 Å². The zero-order valence-corrected chi connectivity index (χ0v) is 21.7. The Bertz CT molecular complexity index is 1060. The predicted molar refractivity (Wildman–Crippen MR) is 134 cm³/mol. The summed E-state index contributed by atoms with van der Waals surface area (Å²) < 4.78 is 23.0. The van der Waals surface area contributed by atoms with Gasteiger partial charge in [0, 0.05) is 24.6 Å². The van der Waals surface area contributed by atoms with E-state index >= 15 is 0 Å². The third-order valence-corrected chi connectivity index (χ3v) is 6.44. The molecule has 9 heteroatoms. The molecule has 2 aromatic rings. The first-order chi connectivity index (χ1) is 17.2. The number of benzene rings is 1. The van der Waals surface area contributed by atoms with Gasteiger partial charge in [-0.1, -0.05) is 0 Å². The second kappa shape index (κ2) is 11.1. The van der Waals surface area contributed by atoms with Crippen LogP contribution in [0.2, 0.25) is 0 Å². The third-order valence-electron chi connectivity index (χ3n) is 6.44. The molecule has 1 saturated carbocycles. The van der Waals surface area contributed by atoms with Gasteiger partial charge in [-0.15, -0.1) is 0 Å². The zero-order valence-electron chi connectivity index (χ0n) is 21.7. The van der Waals surface area contributed by atoms with Crippen LogP contribution in [0.5, 0.6) is 5.75 Å². The lowest BCUT2D eigenvalue weighted by molar-refractivity contribution is -0.151. The molecular weight excluding hydrogens is 464 g/mol. The van der Waals surface area contributed by atoms with E-state index in [2.05, 4.69) is 0 Å². The summed E-state index contributed by atoms with van der Waals surface area (Å²) in [4.78, 5) is 29.8. The van der Waals surface area contributed by atoms with Gasteiger partial charge >= 0.3 is 6.09 Å². The van der Waals surface area contributed by atoms with E-state index in [4.69, 9.17) is 23.7 Å². The molecule has 1 aromatic carbocycles. The molecule has 1 saturated heterocycles. The van der Waals surface area contributed by atoms with Gasteiger partial charge in [0.1, 0.15) is 5.60 Å². The number of furan rings is 1. The molecule has 0 bridgehead atoms. The highest BCUT2D eigenvalue weighted by Gasteiger charge is 2.42. The molecule has 2 amide bonds. The molecular formula is C27H38N2O7. The summed E-state index contributed by atoms with van der Waals surface area (Å²) in [5.41, 5.74) is 1.01. The smallest absolute Gasteiger partial charge is 0.410 e. The van der Waals surface area contributed by atoms with E-state index in [1.807, 2.05) is 50.8 Å². The van der Waals surface area contributed by atoms with E-state index < -0.39 is 17.8 Å². The fourth-order valence-electron chi connectivity index (χ4n) is 4.47. The lowest BCUT2D eigenvalue weighted by Crippen LogP contribution is -2.54. The van der Waals surface area contributed by atoms with Crippen LogP contribution in [0.3, 0.4) is 0 Å². The maximum atomic E-state index is 13.7. The van der Waals surface area contributed by atoms with Gasteiger partial charge in [0.05, 0.1) is 32.1 Å². The highest BCUT2D eigenvalue weighted by atomic mass is 16.6. The molecule has 2 aliphatic rings. The number of unbranched alkanes of at least 4 members (excludes halogenated alkanes) is 1. The number of morpholine rings is 1. The molecule has 0 radical (unpaired) electrons. The van der Waals surface area contributed by atoms with Gasteiger partial charge in [0.25, 0.3) is 5.91 Å². The Labute approximate surface area is 212 Å². The van der Waals surface area contributed by atoms with Crippen LogP contribution in [0.25, 0.3) is 11.0 Å². The molecule has 4 rings (SSSR count). The number of nitrogens with zero attached hydrogens (tertiary/aromatic N) is 2. The van der Waals surface area contributed by atoms with Gasteiger partial charge in [-0.3, -0.25) is 4.79 Å². The molecule has 36 heavy (non-hydrogen) atoms. The first-order valence-corrected chi connectivity index (χ1v) is 12.8. The van der Waals surface area contributed by atoms with Crippen molar-refractivity contribution >= 4 is 23.0 Å². The van der Waals surface area contributed by atoms with Crippen molar-refractivity contribution in [1.29, 1.82) is 0 Å². The number of fused-ring (bicyclic) bond motifs is 1. The number of aliphatic hydroxyl groups is 1. The van der Waals surface area contributed by atoms with Crippen molar-refractivity contribution in [3.05, 3.63) is 30.0 Å². The summed E-state index contributed by atoms with van der Waals surface area (Å²) >= 11 is 0. The number of hydrogen-bond donors (Lipinski definition) is 1. The first kappa shape index (κ1) is 26.3. The van der Waals surface area contributed by atoms with Gasteiger partial charge in [-0.25, -0.2) is 4.79 Å². The number of carbonyl (C=O) groups excluding carboxylic acids is 2. The average Bonchev–Trinajstić information content (AvgIpc) is 3.55. The maximum absolute atomic E-state index is 13.7. The van der Waals surface area contributed by atoms with E-state index in [1.54, 1.807) is 11.2 Å². The van der Waals surface area contributed by atoms with E-state index in [-0.39, 0.29) is 37.7 Å². The number of rotatable bonds is 9. The Kier molecular flexibility index (Phi) is 8.10. The quantitative estimate of drug-likeness (QED) is 0.511. The monoisotopic (exact) mass is 502 g/mol. The van der Waals surface area contributed by atoms with Gasteiger partial charge in [0.15, 0.2) is 17.4 Å². The van der Waals surface area contributed by atoms with E-state index in [9.17, 15) is 9.59 Å². The van der Waals surface area contributed by atoms with Crippen LogP contribution in [-0.2, 0) is 14.3 Å². The van der Waals surface area contributed by atoms with Crippen molar-refractivity contribution in [2.45, 2.75) is 77.2 Å². The summed E-state index contributed by atoms with van der Waals surface area (Å²) in [5.74, 6) is 0.515. The Morgan fingerprint density at radius 1 is 1.25 bits per heavy atom. The Morgan fingerprint density at radius 2 is 2.03 bits per heavy atom. The van der Waals surface area contributed by atoms with Crippen LogP contribution < -0.4 is 4.74 Å². The number of ether oxygens (including phenoxy) is 3. The largest absolute Gasteiger partial charge is 0.490 e. The minimum absolute atomic E-state index is 0.115. The Balaban J connectivity index is 1.51. The molecule has 1 N–H and O–H groups in total. The van der Waals surface area contributed by atoms with Crippen molar-refractivity contribution in [3.8, 4) is 5.75 Å². The zero-order chi connectivity index (χ0) is 25.9. The van der Waals surface area contributed by atoms with E-state index in [1.165, 1.54) is 0 Å². The summed E-state index contributed by atoms with van der Waals surface area (Å²) in [7, 11) is 0. The molecule has 1 aliphatic carbocycles. The van der Waals surface area contributed by atoms with Crippen molar-refractivity contribution in [2.24, 2.45) is 0 Å². The molecule has 198 valence electrons. The summed E-state index contributed by atoms with van der Waals surface area (Å²) in [6, 6.07) is 5.78. The number of aliphatic hydroxyl groups excluding tert-OH is 1. The number of amides is 2. The van der Waals surface area contributed by atoms with Gasteiger partial charge in [0.2, 0.25) is 0 Å². The third kappa shape index (κ3) is 6.31. The van der Waals surface area contributed by atoms with Crippen molar-refractivity contribution in [3.63, 3.8) is 0 Å². The molecule has 1 unspecified atom stereocenters. The first-order valence-electron chi connectivity index (χ1n) is 12.8. The normalized spacial score (nSPS) is 19.2. The number of carbonyl (C=O) groups is 2. The van der Waals surface area contributed by atoms with Crippen LogP contribution >= 0.6 is 0 Å². The molecule has 1 aliphatic heterocycles. The highest BCUT2D eigenvalue weighted by molar-refractivity contribution is 5.85. The van der Waals surface area contributed by atoms with Gasteiger partial charge in [-0.2, -0.15) is 0 Å². The highest BCUT2D eigenvalue weighted by Crippen LogP contribution is 2.38. The Hall–Kier alpha value is -2.78. The fraction of sp³-hybridized carbons (Fsp3) is 0.630. The van der Waals surface area contributed by atoms with Crippen LogP contribution in [0.15, 0.2) is 28.9 Å². The van der Waals surface area contributed by atoms with Crippen LogP contribution in [0.4, 0.5) is 4.79 Å². The average molecular weight is 503 g/mol. The lowest BCUT2D eigenvalue weighted by atomic mass is 10.0. The maximum Gasteiger partial charge on any atom is 0.410 e. The predicted octanol–water partition coefficient (Wildman–Crippen LogP) is 4.27. The summed E-state index contributed by atoms with van der Waals surface area (Å²) in [6.45, 7) is 8.94. The molecule has 1 aromatic heterocycles. The van der Waals surface area contributed by atoms with Crippen LogP contribution in [0.1, 0.15) is 65.0 Å². The van der Waals surface area contributed by atoms with Crippen LogP contribution in [-0.4, -0.2) is 77.6 Å². The van der Waals surface area contributed by atoms with Crippen molar-refractivity contribution in [2.75, 3.05) is 32.9 Å². The molecule has 0 spiro atoms. The van der Waals surface area contributed by atoms with Crippen molar-refractivity contribution in [1.82, 2.24) is 9.80 Å². The summed E-state index contributed by atoms with van der Waals surface area (Å²) in [5, 5.41) is 9.95. The van der Waals surface area contributed by atoms with Gasteiger partial charge < -0.3 is 33.5 Å². The van der Waals surface area contributed by atoms with Gasteiger partial charge in [-0.05, 0) is 77.1 Å². The fourth-order valence-corrected chi connectivity index (χ4v) is 4.47. The molecule has 2 atom stereocenters. The summed E-state index contributed by atoms with van der Waals surface area (Å²) in [6.07, 6.45) is 3.75. The minimum Gasteiger partial charge on any atom is -0.490 e. The number of hydrogen-bond acceptors (Lipinski definition) is 7. The lowest BCUT2D eigenvalue weighted by Gasteiger charge is -2.38. The second-order valence-electron chi connectivity index (χ2n) is 10.6. The topological polar surface area (TPSA) is 102 Å². The van der Waals surface area contributed by atoms with E-state index in [0.29, 0.717) is 30.9 Å². The molecule has 2 fully saturated rings. The second-order valence-corrected chi connectivity index (χ2v) is 10.6. The van der Waals surface area contributed by atoms with Crippen molar-refractivity contribution < 1.29 is 33.3 Å². The SMILES string of the molecule is CC(c1cc(OCCCCO)c2occc2c1)N(C(=O)[C@H]1CN(C(=O)OC(C)(C)C)CCO1)C1CC1. The standard InChI is InChI=1S/C27H38N2O7/c1-18(20-15-19-9-13-35-24(19)22(16-20)33-12-6-5-11-30)29(21-7-8-21)25(31)23-17-28(10-14-34-23)26(32)36-27(2,3)4/h9,13,15-16,18,21,23,30H,5-8,10-12,14,17H2,1-4H3/t18?,23-/m1/s1.